The van der Waals surface area contributed by atoms with Crippen LogP contribution in [0.1, 0.15) is 15.9 Å². The Morgan fingerprint density at radius 3 is 2.55 bits per heavy atom. The number of aromatic nitrogens is 1. The molecule has 164 valence electrons. The molecule has 4 rings (SSSR count). The van der Waals surface area contributed by atoms with Gasteiger partial charge in [0.1, 0.15) is 12.4 Å². The number of nitrogens with zero attached hydrogens (tertiary/aromatic N) is 2. The molecule has 1 N–H and O–H groups in total. The van der Waals surface area contributed by atoms with Crippen molar-refractivity contribution in [2.24, 2.45) is 5.10 Å². The lowest BCUT2D eigenvalue weighted by Crippen LogP contribution is -2.29. The van der Waals surface area contributed by atoms with Crippen LogP contribution in [0.5, 0.6) is 5.75 Å². The van der Waals surface area contributed by atoms with E-state index in [1.807, 2.05) is 36.4 Å². The van der Waals surface area contributed by atoms with E-state index in [0.29, 0.717) is 38.5 Å². The van der Waals surface area contributed by atoms with Crippen molar-refractivity contribution in [3.05, 3.63) is 95.0 Å². The van der Waals surface area contributed by atoms with Crippen LogP contribution >= 0.6 is 11.6 Å². The standard InChI is InChI=1S/C25H18ClN3O4/c26-18-11-9-16(10-12-18)22-13-20(19-6-2-3-7-21(19)28-22)25(32)29-27-14-17-5-1-4-8-23(17)33-15-24(30)31/h1-14H,15H2,(H,29,32)(H,30,31)/p-1/b27-14-. The summed E-state index contributed by atoms with van der Waals surface area (Å²) in [5.41, 5.74) is 5.54. The van der Waals surface area contributed by atoms with Gasteiger partial charge in [0.25, 0.3) is 5.91 Å². The third-order valence-electron chi connectivity index (χ3n) is 4.74. The van der Waals surface area contributed by atoms with Crippen LogP contribution in [0.25, 0.3) is 22.2 Å². The molecule has 0 saturated carbocycles. The van der Waals surface area contributed by atoms with E-state index in [2.05, 4.69) is 15.5 Å². The van der Waals surface area contributed by atoms with E-state index in [9.17, 15) is 14.7 Å². The number of amides is 1. The van der Waals surface area contributed by atoms with Gasteiger partial charge in [0.15, 0.2) is 0 Å². The van der Waals surface area contributed by atoms with Crippen molar-refractivity contribution < 1.29 is 19.4 Å². The molecule has 0 unspecified atom stereocenters. The van der Waals surface area contributed by atoms with Crippen molar-refractivity contribution in [1.29, 1.82) is 0 Å². The Morgan fingerprint density at radius 1 is 1.03 bits per heavy atom. The van der Waals surface area contributed by atoms with Crippen LogP contribution in [0.4, 0.5) is 0 Å². The van der Waals surface area contributed by atoms with Gasteiger partial charge in [0.2, 0.25) is 0 Å². The van der Waals surface area contributed by atoms with Crippen molar-refractivity contribution >= 4 is 40.6 Å². The molecule has 0 saturated heterocycles. The molecule has 33 heavy (non-hydrogen) atoms. The number of carbonyl (C=O) groups is 2. The molecule has 1 heterocycles. The first-order valence-electron chi connectivity index (χ1n) is 9.92. The molecule has 0 atom stereocenters. The predicted molar refractivity (Wildman–Crippen MR) is 124 cm³/mol. The van der Waals surface area contributed by atoms with Gasteiger partial charge in [0, 0.05) is 21.5 Å². The number of hydrogen-bond acceptors (Lipinski definition) is 6. The number of rotatable bonds is 7. The van der Waals surface area contributed by atoms with Crippen LogP contribution in [-0.4, -0.2) is 29.7 Å². The molecule has 8 heteroatoms. The van der Waals surface area contributed by atoms with Gasteiger partial charge >= 0.3 is 0 Å². The van der Waals surface area contributed by atoms with Crippen LogP contribution in [0.15, 0.2) is 84.0 Å². The number of fused-ring (bicyclic) bond motifs is 1. The summed E-state index contributed by atoms with van der Waals surface area (Å²) in [6.07, 6.45) is 1.38. The third kappa shape index (κ3) is 5.34. The van der Waals surface area contributed by atoms with E-state index in [1.54, 1.807) is 42.5 Å². The molecule has 0 radical (unpaired) electrons. The second kappa shape index (κ2) is 9.93. The van der Waals surface area contributed by atoms with Crippen molar-refractivity contribution in [2.75, 3.05) is 6.61 Å². The van der Waals surface area contributed by atoms with E-state index in [1.165, 1.54) is 6.21 Å². The summed E-state index contributed by atoms with van der Waals surface area (Å²) in [4.78, 5) is 28.3. The van der Waals surface area contributed by atoms with Gasteiger partial charge in [0.05, 0.1) is 29.0 Å². The largest absolute Gasteiger partial charge is 0.546 e. The molecule has 0 aliphatic carbocycles. The molecular weight excluding hydrogens is 442 g/mol. The summed E-state index contributed by atoms with van der Waals surface area (Å²) in [6, 6.07) is 22.9. The number of aliphatic carboxylic acids is 1. The van der Waals surface area contributed by atoms with Crippen molar-refractivity contribution in [3.8, 4) is 17.0 Å². The monoisotopic (exact) mass is 458 g/mol. The summed E-state index contributed by atoms with van der Waals surface area (Å²) in [5, 5.41) is 16.0. The maximum atomic E-state index is 13.0. The van der Waals surface area contributed by atoms with Gasteiger partial charge in [-0.2, -0.15) is 5.10 Å². The van der Waals surface area contributed by atoms with Crippen LogP contribution in [-0.2, 0) is 4.79 Å². The van der Waals surface area contributed by atoms with Gasteiger partial charge in [-0.3, -0.25) is 4.79 Å². The van der Waals surface area contributed by atoms with E-state index < -0.39 is 18.5 Å². The number of benzene rings is 3. The van der Waals surface area contributed by atoms with Crippen LogP contribution < -0.4 is 15.3 Å². The number of pyridine rings is 1. The van der Waals surface area contributed by atoms with Gasteiger partial charge in [-0.1, -0.05) is 54.1 Å². The van der Waals surface area contributed by atoms with Crippen LogP contribution in [0, 0.1) is 0 Å². The number of carboxylic acids is 1. The number of hydrogen-bond donors (Lipinski definition) is 1. The van der Waals surface area contributed by atoms with Gasteiger partial charge in [-0.25, -0.2) is 10.4 Å². The quantitative estimate of drug-likeness (QED) is 0.337. The number of hydrazone groups is 1. The molecule has 7 nitrogen and oxygen atoms in total. The highest BCUT2D eigenvalue weighted by Crippen LogP contribution is 2.26. The first kappa shape index (κ1) is 22.0. The average Bonchev–Trinajstić information content (AvgIpc) is 2.83. The van der Waals surface area contributed by atoms with Crippen molar-refractivity contribution in [1.82, 2.24) is 10.4 Å². The lowest BCUT2D eigenvalue weighted by Gasteiger charge is -2.10. The summed E-state index contributed by atoms with van der Waals surface area (Å²) in [7, 11) is 0. The van der Waals surface area contributed by atoms with Crippen molar-refractivity contribution in [3.63, 3.8) is 0 Å². The van der Waals surface area contributed by atoms with Gasteiger partial charge in [-0.05, 0) is 36.4 Å². The molecule has 0 bridgehead atoms. The van der Waals surface area contributed by atoms with Crippen molar-refractivity contribution in [2.45, 2.75) is 0 Å². The highest BCUT2D eigenvalue weighted by molar-refractivity contribution is 6.30. The third-order valence-corrected chi connectivity index (χ3v) is 4.99. The van der Waals surface area contributed by atoms with Crippen LogP contribution in [0.3, 0.4) is 0 Å². The SMILES string of the molecule is O=C([O-])COc1ccccc1/C=N\NC(=O)c1cc(-c2ccc(Cl)cc2)nc2ccccc12. The Labute approximate surface area is 194 Å². The Morgan fingerprint density at radius 2 is 1.76 bits per heavy atom. The number of ether oxygens (including phenoxy) is 1. The smallest absolute Gasteiger partial charge is 0.272 e. The zero-order chi connectivity index (χ0) is 23.2. The molecule has 3 aromatic carbocycles. The Bertz CT molecular complexity index is 1350. The van der Waals surface area contributed by atoms with E-state index in [0.717, 1.165) is 5.56 Å². The normalized spacial score (nSPS) is 10.9. The zero-order valence-electron chi connectivity index (χ0n) is 17.2. The fourth-order valence-corrected chi connectivity index (χ4v) is 3.33. The lowest BCUT2D eigenvalue weighted by atomic mass is 10.0. The minimum absolute atomic E-state index is 0.305. The number of nitrogens with one attached hydrogen (secondary N) is 1. The van der Waals surface area contributed by atoms with E-state index >= 15 is 0 Å². The Balaban J connectivity index is 1.61. The maximum Gasteiger partial charge on any atom is 0.272 e. The minimum Gasteiger partial charge on any atom is -0.546 e. The first-order chi connectivity index (χ1) is 16.0. The molecule has 0 spiro atoms. The molecule has 1 amide bonds. The molecule has 0 aliphatic heterocycles. The zero-order valence-corrected chi connectivity index (χ0v) is 18.0. The number of carboxylic acid groups (broad SMARTS) is 1. The number of para-hydroxylation sites is 2. The Kier molecular flexibility index (Phi) is 6.61. The lowest BCUT2D eigenvalue weighted by molar-refractivity contribution is -0.307. The molecular formula is C25H17ClN3O4-. The van der Waals surface area contributed by atoms with E-state index in [-0.39, 0.29) is 0 Å². The minimum atomic E-state index is -1.34. The Hall–Kier alpha value is -4.23. The fraction of sp³-hybridized carbons (Fsp3) is 0.0400. The molecule has 1 aromatic heterocycles. The number of halogens is 1. The average molecular weight is 459 g/mol. The fourth-order valence-electron chi connectivity index (χ4n) is 3.21. The highest BCUT2D eigenvalue weighted by Gasteiger charge is 2.13. The summed E-state index contributed by atoms with van der Waals surface area (Å²) < 4.78 is 5.19. The topological polar surface area (TPSA) is 104 Å². The summed E-state index contributed by atoms with van der Waals surface area (Å²) in [6.45, 7) is -0.590. The van der Waals surface area contributed by atoms with E-state index in [4.69, 9.17) is 16.3 Å². The molecule has 0 fully saturated rings. The number of carbonyl (C=O) groups excluding carboxylic acids is 2. The van der Waals surface area contributed by atoms with Crippen LogP contribution in [0.2, 0.25) is 5.02 Å². The maximum absolute atomic E-state index is 13.0. The molecule has 4 aromatic rings. The summed E-state index contributed by atoms with van der Waals surface area (Å²) >= 11 is 5.99. The first-order valence-corrected chi connectivity index (χ1v) is 10.3. The highest BCUT2D eigenvalue weighted by atomic mass is 35.5. The van der Waals surface area contributed by atoms with Gasteiger partial charge in [-0.15, -0.1) is 0 Å². The summed E-state index contributed by atoms with van der Waals surface area (Å²) in [5.74, 6) is -1.46. The second-order valence-corrected chi connectivity index (χ2v) is 7.41. The van der Waals surface area contributed by atoms with Gasteiger partial charge < -0.3 is 14.6 Å². The predicted octanol–water partition coefficient (Wildman–Crippen LogP) is 3.45. The second-order valence-electron chi connectivity index (χ2n) is 6.98. The molecule has 0 aliphatic rings.